The summed E-state index contributed by atoms with van der Waals surface area (Å²) in [5.41, 5.74) is 0. The molecule has 0 spiro atoms. The van der Waals surface area contributed by atoms with E-state index in [1.807, 2.05) is 6.92 Å². The highest BCUT2D eigenvalue weighted by atomic mass is 16.5. The Morgan fingerprint density at radius 2 is 2.45 bits per heavy atom. The molecule has 1 aliphatic heterocycles. The van der Waals surface area contributed by atoms with Crippen LogP contribution >= 0.6 is 0 Å². The minimum Gasteiger partial charge on any atom is -0.377 e. The van der Waals surface area contributed by atoms with Gasteiger partial charge in [-0.3, -0.25) is 4.79 Å². The number of ketones is 1. The number of carbonyl (C=O) groups is 1. The lowest BCUT2D eigenvalue weighted by atomic mass is 10.1. The predicted molar refractivity (Wildman–Crippen MR) is 42.5 cm³/mol. The average molecular weight is 157 g/mol. The minimum absolute atomic E-state index is 0.0338. The van der Waals surface area contributed by atoms with Crippen LogP contribution in [0.5, 0.6) is 0 Å². The molecule has 64 valence electrons. The lowest BCUT2D eigenvalue weighted by molar-refractivity contribution is -0.118. The molecule has 11 heavy (non-hydrogen) atoms. The third-order valence-electron chi connectivity index (χ3n) is 1.98. The lowest BCUT2D eigenvalue weighted by Gasteiger charge is -2.07. The maximum atomic E-state index is 10.9. The Labute approximate surface area is 67.1 Å². The molecule has 0 aromatic carbocycles. The van der Waals surface area contributed by atoms with Gasteiger partial charge < -0.3 is 10.1 Å². The smallest absolute Gasteiger partial charge is 0.146 e. The number of Topliss-reactive ketones (excluding diaryl/α,β-unsaturated/α-hetero) is 1. The van der Waals surface area contributed by atoms with Crippen LogP contribution in [0.15, 0.2) is 0 Å². The zero-order valence-electron chi connectivity index (χ0n) is 7.09. The van der Waals surface area contributed by atoms with Gasteiger partial charge in [0.05, 0.1) is 12.1 Å². The Morgan fingerprint density at radius 1 is 1.73 bits per heavy atom. The number of carbonyl (C=O) groups excluding carboxylic acids is 1. The van der Waals surface area contributed by atoms with E-state index in [0.717, 1.165) is 19.6 Å². The molecule has 3 heteroatoms. The first-order chi connectivity index (χ1) is 5.24. The molecule has 2 atom stereocenters. The van der Waals surface area contributed by atoms with E-state index in [4.69, 9.17) is 4.74 Å². The summed E-state index contributed by atoms with van der Waals surface area (Å²) in [6.45, 7) is 5.14. The van der Waals surface area contributed by atoms with Crippen molar-refractivity contribution in [1.29, 1.82) is 0 Å². The highest BCUT2D eigenvalue weighted by Gasteiger charge is 2.26. The van der Waals surface area contributed by atoms with Crippen molar-refractivity contribution in [2.24, 2.45) is 0 Å². The van der Waals surface area contributed by atoms with Gasteiger partial charge in [-0.05, 0) is 20.3 Å². The van der Waals surface area contributed by atoms with E-state index < -0.39 is 0 Å². The molecule has 1 aliphatic rings. The Hall–Kier alpha value is -0.410. The Morgan fingerprint density at radius 3 is 2.91 bits per heavy atom. The van der Waals surface area contributed by atoms with Crippen LogP contribution in [0.25, 0.3) is 0 Å². The number of ether oxygens (including phenoxy) is 1. The number of hydrogen-bond donors (Lipinski definition) is 1. The van der Waals surface area contributed by atoms with Crippen molar-refractivity contribution in [3.63, 3.8) is 0 Å². The summed E-state index contributed by atoms with van der Waals surface area (Å²) < 4.78 is 5.37. The van der Waals surface area contributed by atoms with E-state index in [1.165, 1.54) is 0 Å². The summed E-state index contributed by atoms with van der Waals surface area (Å²) in [5, 5.41) is 3.12. The van der Waals surface area contributed by atoms with E-state index in [9.17, 15) is 4.79 Å². The van der Waals surface area contributed by atoms with Crippen molar-refractivity contribution in [1.82, 2.24) is 5.32 Å². The van der Waals surface area contributed by atoms with E-state index in [1.54, 1.807) is 6.92 Å². The van der Waals surface area contributed by atoms with Gasteiger partial charge in [0.25, 0.3) is 0 Å². The molecule has 1 fully saturated rings. The van der Waals surface area contributed by atoms with Crippen molar-refractivity contribution in [2.75, 3.05) is 13.2 Å². The summed E-state index contributed by atoms with van der Waals surface area (Å²) in [7, 11) is 0. The van der Waals surface area contributed by atoms with Crippen molar-refractivity contribution < 1.29 is 9.53 Å². The molecule has 0 bridgehead atoms. The molecule has 3 nitrogen and oxygen atoms in total. The quantitative estimate of drug-likeness (QED) is 0.642. The summed E-state index contributed by atoms with van der Waals surface area (Å²) in [5.74, 6) is 0.215. The van der Waals surface area contributed by atoms with Crippen molar-refractivity contribution >= 4 is 5.78 Å². The van der Waals surface area contributed by atoms with Gasteiger partial charge in [-0.1, -0.05) is 0 Å². The first-order valence-electron chi connectivity index (χ1n) is 4.09. The van der Waals surface area contributed by atoms with Gasteiger partial charge >= 0.3 is 0 Å². The number of rotatable bonds is 3. The van der Waals surface area contributed by atoms with Crippen LogP contribution in [0.3, 0.4) is 0 Å². The highest BCUT2D eigenvalue weighted by Crippen LogP contribution is 2.10. The van der Waals surface area contributed by atoms with Gasteiger partial charge in [0.15, 0.2) is 0 Å². The maximum Gasteiger partial charge on any atom is 0.146 e. The molecule has 0 aromatic rings. The third-order valence-corrected chi connectivity index (χ3v) is 1.98. The molecule has 1 heterocycles. The fourth-order valence-corrected chi connectivity index (χ4v) is 1.38. The zero-order chi connectivity index (χ0) is 8.27. The van der Waals surface area contributed by atoms with Crippen LogP contribution in [0.4, 0.5) is 0 Å². The molecule has 1 N–H and O–H groups in total. The second kappa shape index (κ2) is 3.83. The fraction of sp³-hybridized carbons (Fsp3) is 0.875. The monoisotopic (exact) mass is 157 g/mol. The summed E-state index contributed by atoms with van der Waals surface area (Å²) in [6, 6.07) is 0.0338. The van der Waals surface area contributed by atoms with E-state index in [-0.39, 0.29) is 17.9 Å². The highest BCUT2D eigenvalue weighted by molar-refractivity contribution is 5.81. The molecular weight excluding hydrogens is 142 g/mol. The summed E-state index contributed by atoms with van der Waals surface area (Å²) in [6.07, 6.45) is 1.08. The Kier molecular flexibility index (Phi) is 3.02. The third kappa shape index (κ3) is 2.27. The van der Waals surface area contributed by atoms with Gasteiger partial charge in [-0.2, -0.15) is 0 Å². The van der Waals surface area contributed by atoms with Crippen molar-refractivity contribution in [2.45, 2.75) is 32.4 Å². The molecule has 0 amide bonds. The lowest BCUT2D eigenvalue weighted by Crippen LogP contribution is -2.28. The molecule has 0 aromatic heterocycles. The van der Waals surface area contributed by atoms with Gasteiger partial charge in [0, 0.05) is 13.2 Å². The van der Waals surface area contributed by atoms with Crippen LogP contribution in [0.2, 0.25) is 0 Å². The van der Waals surface area contributed by atoms with Crippen LogP contribution in [0.1, 0.15) is 20.3 Å². The van der Waals surface area contributed by atoms with Crippen molar-refractivity contribution in [3.8, 4) is 0 Å². The molecule has 0 saturated carbocycles. The fourth-order valence-electron chi connectivity index (χ4n) is 1.38. The normalized spacial score (nSPS) is 30.7. The predicted octanol–water partition coefficient (Wildman–Crippen LogP) is 0.342. The molecule has 0 radical (unpaired) electrons. The first-order valence-corrected chi connectivity index (χ1v) is 4.09. The maximum absolute atomic E-state index is 10.9. The molecule has 1 saturated heterocycles. The first kappa shape index (κ1) is 8.68. The Balaban J connectivity index is 2.29. The topological polar surface area (TPSA) is 38.3 Å². The van der Waals surface area contributed by atoms with E-state index >= 15 is 0 Å². The molecule has 0 aliphatic carbocycles. The van der Waals surface area contributed by atoms with Gasteiger partial charge in [0.2, 0.25) is 0 Å². The molecular formula is C8H15NO2. The van der Waals surface area contributed by atoms with Crippen LogP contribution in [-0.4, -0.2) is 31.1 Å². The zero-order valence-corrected chi connectivity index (χ0v) is 7.09. The second-order valence-electron chi connectivity index (χ2n) is 2.88. The largest absolute Gasteiger partial charge is 0.377 e. The van der Waals surface area contributed by atoms with Gasteiger partial charge in [-0.25, -0.2) is 0 Å². The number of hydrogen-bond acceptors (Lipinski definition) is 3. The van der Waals surface area contributed by atoms with Crippen LogP contribution in [0, 0.1) is 0 Å². The number of nitrogens with one attached hydrogen (secondary N) is 1. The van der Waals surface area contributed by atoms with E-state index in [2.05, 4.69) is 5.32 Å². The van der Waals surface area contributed by atoms with Crippen LogP contribution < -0.4 is 5.32 Å². The van der Waals surface area contributed by atoms with Crippen molar-refractivity contribution in [3.05, 3.63) is 0 Å². The average Bonchev–Trinajstić information content (AvgIpc) is 2.37. The van der Waals surface area contributed by atoms with E-state index in [0.29, 0.717) is 0 Å². The summed E-state index contributed by atoms with van der Waals surface area (Å²) in [4.78, 5) is 10.9. The second-order valence-corrected chi connectivity index (χ2v) is 2.88. The Bertz CT molecular complexity index is 147. The molecule has 1 rings (SSSR count). The standard InChI is InChI=1S/C8H15NO2/c1-3-11-7-4-8(6(2)10)9-5-7/h7-9H,3-5H2,1-2H3. The minimum atomic E-state index is 0.0338. The van der Waals surface area contributed by atoms with Gasteiger partial charge in [-0.15, -0.1) is 0 Å². The van der Waals surface area contributed by atoms with Crippen LogP contribution in [-0.2, 0) is 9.53 Å². The SMILES string of the molecule is CCOC1CNC(C(C)=O)C1. The summed E-state index contributed by atoms with van der Waals surface area (Å²) >= 11 is 0. The van der Waals surface area contributed by atoms with Gasteiger partial charge in [0.1, 0.15) is 5.78 Å². The molecule has 2 unspecified atom stereocenters.